The van der Waals surface area contributed by atoms with Gasteiger partial charge in [0, 0.05) is 16.0 Å². The fourth-order valence-corrected chi connectivity index (χ4v) is 10.9. The van der Waals surface area contributed by atoms with Gasteiger partial charge in [-0.2, -0.15) is 13.2 Å². The van der Waals surface area contributed by atoms with Crippen LogP contribution in [0.5, 0.6) is 5.75 Å². The van der Waals surface area contributed by atoms with Gasteiger partial charge in [0.15, 0.2) is 0 Å². The minimum absolute atomic E-state index is 0.0594. The number of aromatic amines is 1. The van der Waals surface area contributed by atoms with Crippen molar-refractivity contribution in [3.8, 4) is 5.75 Å². The fraction of sp³-hybridized carbons (Fsp3) is 0.303. The van der Waals surface area contributed by atoms with Crippen LogP contribution in [0.15, 0.2) is 88.7 Å². The third-order valence-corrected chi connectivity index (χ3v) is 12.3. The Hall–Kier alpha value is -3.83. The molecule has 3 fully saturated rings. The number of hydrogen-bond acceptors (Lipinski definition) is 6. The maximum Gasteiger partial charge on any atom is 0.418 e. The van der Waals surface area contributed by atoms with Crippen LogP contribution >= 0.6 is 23.1 Å². The molecule has 2 aliphatic heterocycles. The number of carbonyl (C=O) groups excluding carboxylic acids is 2. The molecule has 44 heavy (non-hydrogen) atoms. The minimum Gasteiger partial charge on any atom is -0.489 e. The molecule has 2 amide bonds. The van der Waals surface area contributed by atoms with Gasteiger partial charge in [-0.25, -0.2) is 4.90 Å². The van der Waals surface area contributed by atoms with Crippen LogP contribution in [0.2, 0.25) is 0 Å². The molecule has 2 saturated carbocycles. The molecule has 2 aliphatic carbocycles. The van der Waals surface area contributed by atoms with Crippen LogP contribution in [0.1, 0.15) is 33.9 Å². The Morgan fingerprint density at radius 2 is 1.55 bits per heavy atom. The summed E-state index contributed by atoms with van der Waals surface area (Å²) in [6.07, 6.45) is -4.06. The van der Waals surface area contributed by atoms with Crippen LogP contribution in [0.25, 0.3) is 0 Å². The Kier molecular flexibility index (Phi) is 6.36. The highest BCUT2D eigenvalue weighted by molar-refractivity contribution is 8.00. The van der Waals surface area contributed by atoms with Crippen molar-refractivity contribution in [2.75, 3.05) is 4.90 Å². The number of para-hydroxylation sites is 1. The Balaban J connectivity index is 1.13. The summed E-state index contributed by atoms with van der Waals surface area (Å²) in [5.74, 6) is -2.42. The Bertz CT molecular complexity index is 1840. The lowest BCUT2D eigenvalue weighted by atomic mass is 9.68. The molecule has 4 aromatic rings. The summed E-state index contributed by atoms with van der Waals surface area (Å²) in [5, 5.41) is 0.711. The Morgan fingerprint density at radius 3 is 2.27 bits per heavy atom. The average molecular weight is 635 g/mol. The highest BCUT2D eigenvalue weighted by Crippen LogP contribution is 2.68. The van der Waals surface area contributed by atoms with Crippen molar-refractivity contribution in [2.24, 2.45) is 29.6 Å². The maximum atomic E-state index is 13.9. The molecule has 7 atom stereocenters. The number of anilines is 1. The molecule has 3 aromatic carbocycles. The molecule has 0 radical (unpaired) electrons. The molecule has 0 spiro atoms. The van der Waals surface area contributed by atoms with E-state index in [2.05, 4.69) is 4.98 Å². The molecule has 3 heterocycles. The van der Waals surface area contributed by atoms with Crippen LogP contribution in [-0.2, 0) is 22.4 Å². The summed E-state index contributed by atoms with van der Waals surface area (Å²) in [7, 11) is 0. The SMILES string of the molecule is O=C1[C@H]2[C@H]3C[C@@H]([C@@H]2C(=O)N1c1ccccc1C(F)(F)F)[C@H]1[C@H](c2ccc(OCc4ccccc4)cc2)c2sc(=O)[nH]c2S[C@H]31. The number of aromatic nitrogens is 1. The van der Waals surface area contributed by atoms with E-state index < -0.39 is 41.1 Å². The molecule has 1 saturated heterocycles. The Morgan fingerprint density at radius 1 is 0.864 bits per heavy atom. The van der Waals surface area contributed by atoms with E-state index in [1.165, 1.54) is 18.2 Å². The molecule has 6 nitrogen and oxygen atoms in total. The van der Waals surface area contributed by atoms with Crippen molar-refractivity contribution < 1.29 is 27.5 Å². The van der Waals surface area contributed by atoms with Crippen LogP contribution in [0.3, 0.4) is 0 Å². The lowest BCUT2D eigenvalue weighted by Crippen LogP contribution is -2.42. The van der Waals surface area contributed by atoms with Gasteiger partial charge in [-0.15, -0.1) is 11.8 Å². The highest BCUT2D eigenvalue weighted by atomic mass is 32.2. The van der Waals surface area contributed by atoms with Gasteiger partial charge in [0.25, 0.3) is 0 Å². The predicted molar refractivity (Wildman–Crippen MR) is 160 cm³/mol. The molecule has 2 bridgehead atoms. The number of halogens is 3. The number of amides is 2. The number of fused-ring (bicyclic) bond motifs is 9. The summed E-state index contributed by atoms with van der Waals surface area (Å²) in [5.41, 5.74) is 0.632. The predicted octanol–water partition coefficient (Wildman–Crippen LogP) is 6.71. The highest BCUT2D eigenvalue weighted by Gasteiger charge is 2.70. The largest absolute Gasteiger partial charge is 0.489 e. The zero-order valence-electron chi connectivity index (χ0n) is 23.0. The normalized spacial score (nSPS) is 28.6. The van der Waals surface area contributed by atoms with E-state index in [0.29, 0.717) is 18.8 Å². The third-order valence-electron chi connectivity index (χ3n) is 9.66. The van der Waals surface area contributed by atoms with E-state index >= 15 is 0 Å². The Labute approximate surface area is 258 Å². The van der Waals surface area contributed by atoms with Gasteiger partial charge >= 0.3 is 11.0 Å². The number of carbonyl (C=O) groups is 2. The number of ether oxygens (including phenoxy) is 1. The molecule has 0 unspecified atom stereocenters. The van der Waals surface area contributed by atoms with Crippen LogP contribution in [-0.4, -0.2) is 22.0 Å². The molecule has 224 valence electrons. The number of nitrogens with zero attached hydrogens (tertiary/aromatic N) is 1. The maximum absolute atomic E-state index is 13.9. The molecular formula is C33H25F3N2O4S2. The number of thioether (sulfide) groups is 1. The third kappa shape index (κ3) is 4.19. The van der Waals surface area contributed by atoms with Gasteiger partial charge in [-0.3, -0.25) is 14.4 Å². The van der Waals surface area contributed by atoms with Crippen LogP contribution in [0, 0.1) is 29.6 Å². The second-order valence-corrected chi connectivity index (χ2v) is 14.0. The molecule has 1 N–H and O–H groups in total. The molecule has 8 rings (SSSR count). The second kappa shape index (κ2) is 10.1. The average Bonchev–Trinajstić information content (AvgIpc) is 3.75. The number of thiazole rings is 1. The fourth-order valence-electron chi connectivity index (χ4n) is 8.05. The van der Waals surface area contributed by atoms with Crippen LogP contribution in [0.4, 0.5) is 18.9 Å². The number of rotatable bonds is 5. The van der Waals surface area contributed by atoms with E-state index in [0.717, 1.165) is 43.3 Å². The summed E-state index contributed by atoms with van der Waals surface area (Å²) in [4.78, 5) is 44.8. The standard InChI is InChI=1S/C33H25F3N2O4S2/c34-33(35,36)21-8-4-5-9-22(21)38-30(39)25-19-14-20(26(25)31(38)40)27-24(19)23(28-29(43-27)37-32(41)44-28)17-10-12-18(13-11-17)42-15-16-6-2-1-3-7-16/h1-13,19-20,23-27H,14-15H2,(H,37,41)/t19-,20-,23+,24+,25+,26+,27-/m1/s1. The number of alkyl halides is 3. The first-order valence-corrected chi connectivity index (χ1v) is 16.1. The van der Waals surface area contributed by atoms with Crippen molar-refractivity contribution in [1.82, 2.24) is 4.98 Å². The summed E-state index contributed by atoms with van der Waals surface area (Å²) < 4.78 is 47.7. The van der Waals surface area contributed by atoms with Gasteiger partial charge in [0.1, 0.15) is 12.4 Å². The van der Waals surface area contributed by atoms with E-state index in [1.807, 2.05) is 54.6 Å². The second-order valence-electron chi connectivity index (χ2n) is 11.8. The zero-order chi connectivity index (χ0) is 30.3. The van der Waals surface area contributed by atoms with E-state index in [1.54, 1.807) is 11.8 Å². The van der Waals surface area contributed by atoms with Crippen LogP contribution < -0.4 is 14.5 Å². The lowest BCUT2D eigenvalue weighted by molar-refractivity contribution is -0.137. The zero-order valence-corrected chi connectivity index (χ0v) is 24.6. The number of benzene rings is 3. The molecule has 11 heteroatoms. The van der Waals surface area contributed by atoms with E-state index in [9.17, 15) is 27.6 Å². The number of hydrogen-bond donors (Lipinski definition) is 1. The number of imide groups is 1. The summed E-state index contributed by atoms with van der Waals surface area (Å²) in [6.45, 7) is 0.422. The van der Waals surface area contributed by atoms with Crippen molar-refractivity contribution in [3.05, 3.63) is 110 Å². The first-order chi connectivity index (χ1) is 21.2. The van der Waals surface area contributed by atoms with E-state index in [4.69, 9.17) is 4.74 Å². The van der Waals surface area contributed by atoms with Gasteiger partial charge in [0.05, 0.1) is 28.1 Å². The molecular weight excluding hydrogens is 610 g/mol. The topological polar surface area (TPSA) is 79.5 Å². The first kappa shape index (κ1) is 27.7. The smallest absolute Gasteiger partial charge is 0.418 e. The molecule has 1 aromatic heterocycles. The van der Waals surface area contributed by atoms with Gasteiger partial charge in [-0.05, 0) is 59.6 Å². The van der Waals surface area contributed by atoms with E-state index in [-0.39, 0.29) is 33.8 Å². The number of H-pyrrole nitrogens is 1. The monoisotopic (exact) mass is 634 g/mol. The first-order valence-electron chi connectivity index (χ1n) is 14.4. The minimum atomic E-state index is -4.71. The van der Waals surface area contributed by atoms with Crippen molar-refractivity contribution in [2.45, 2.75) is 35.4 Å². The van der Waals surface area contributed by atoms with Crippen molar-refractivity contribution >= 4 is 40.6 Å². The van der Waals surface area contributed by atoms with Gasteiger partial charge in [0.2, 0.25) is 11.8 Å². The van der Waals surface area contributed by atoms with Crippen molar-refractivity contribution in [1.29, 1.82) is 0 Å². The van der Waals surface area contributed by atoms with Crippen molar-refractivity contribution in [3.63, 3.8) is 0 Å². The van der Waals surface area contributed by atoms with Gasteiger partial charge < -0.3 is 9.72 Å². The quantitative estimate of drug-likeness (QED) is 0.247. The summed E-state index contributed by atoms with van der Waals surface area (Å²) in [6, 6.07) is 22.4. The number of nitrogens with one attached hydrogen (secondary N) is 1. The lowest BCUT2D eigenvalue weighted by Gasteiger charge is -2.43. The summed E-state index contributed by atoms with van der Waals surface area (Å²) >= 11 is 2.70. The molecule has 4 aliphatic rings. The van der Waals surface area contributed by atoms with Gasteiger partial charge in [-0.1, -0.05) is 65.9 Å².